The second-order valence-electron chi connectivity index (χ2n) is 7.57. The van der Waals surface area contributed by atoms with Crippen molar-refractivity contribution in [2.75, 3.05) is 49.1 Å². The van der Waals surface area contributed by atoms with E-state index in [1.807, 2.05) is 0 Å². The molecule has 10 nitrogen and oxygen atoms in total. The first-order valence-corrected chi connectivity index (χ1v) is 10.4. The van der Waals surface area contributed by atoms with Crippen LogP contribution in [-0.2, 0) is 15.8 Å². The Morgan fingerprint density at radius 2 is 1.91 bits per heavy atom. The normalized spacial score (nSPS) is 16.2. The second kappa shape index (κ2) is 8.97. The number of alkyl halides is 3. The SMILES string of the molecule is O=C(CN1C(=O)COc2ccc([N+](=O)[O-])cc21)N1CCN(c2ncc(C(F)(F)F)cc2Cl)CC1. The number of nitrogens with zero attached hydrogens (tertiary/aromatic N) is 5. The lowest BCUT2D eigenvalue weighted by Gasteiger charge is -2.37. The average molecular weight is 500 g/mol. The predicted octanol–water partition coefficient (Wildman–Crippen LogP) is 2.74. The molecule has 3 heterocycles. The molecular weight excluding hydrogens is 483 g/mol. The predicted molar refractivity (Wildman–Crippen MR) is 114 cm³/mol. The van der Waals surface area contributed by atoms with Gasteiger partial charge in [0.1, 0.15) is 18.1 Å². The Bertz CT molecular complexity index is 1150. The van der Waals surface area contributed by atoms with Crippen LogP contribution in [0.2, 0.25) is 5.02 Å². The Morgan fingerprint density at radius 3 is 2.53 bits per heavy atom. The lowest BCUT2D eigenvalue weighted by atomic mass is 10.2. The quantitative estimate of drug-likeness (QED) is 0.470. The molecule has 2 aliphatic heterocycles. The topological polar surface area (TPSA) is 109 Å². The van der Waals surface area contributed by atoms with Crippen molar-refractivity contribution in [3.8, 4) is 5.75 Å². The Kier molecular flexibility index (Phi) is 6.21. The molecule has 2 aromatic rings. The van der Waals surface area contributed by atoms with Crippen molar-refractivity contribution in [1.82, 2.24) is 9.88 Å². The number of carbonyl (C=O) groups is 2. The van der Waals surface area contributed by atoms with Gasteiger partial charge in [-0.1, -0.05) is 11.6 Å². The van der Waals surface area contributed by atoms with Crippen molar-refractivity contribution in [2.45, 2.75) is 6.18 Å². The Balaban J connectivity index is 1.43. The molecular formula is C20H17ClF3N5O5. The zero-order chi connectivity index (χ0) is 24.6. The molecule has 1 aromatic heterocycles. The summed E-state index contributed by atoms with van der Waals surface area (Å²) in [7, 11) is 0. The number of carbonyl (C=O) groups excluding carboxylic acids is 2. The minimum Gasteiger partial charge on any atom is -0.482 e. The van der Waals surface area contributed by atoms with E-state index in [4.69, 9.17) is 16.3 Å². The number of piperazine rings is 1. The van der Waals surface area contributed by atoms with Gasteiger partial charge in [-0.3, -0.25) is 24.6 Å². The number of benzene rings is 1. The number of nitro groups is 1. The first kappa shape index (κ1) is 23.5. The fourth-order valence-electron chi connectivity index (χ4n) is 3.70. The maximum atomic E-state index is 12.9. The van der Waals surface area contributed by atoms with E-state index < -0.39 is 22.6 Å². The molecule has 2 aliphatic rings. The summed E-state index contributed by atoms with van der Waals surface area (Å²) in [6, 6.07) is 4.60. The minimum absolute atomic E-state index is 0.137. The average Bonchev–Trinajstić information content (AvgIpc) is 2.80. The number of nitro benzene ring substituents is 1. The molecule has 0 atom stereocenters. The third-order valence-corrected chi connectivity index (χ3v) is 5.75. The highest BCUT2D eigenvalue weighted by Crippen LogP contribution is 2.36. The monoisotopic (exact) mass is 499 g/mol. The summed E-state index contributed by atoms with van der Waals surface area (Å²) >= 11 is 6.01. The number of fused-ring (bicyclic) bond motifs is 1. The molecule has 0 saturated carbocycles. The van der Waals surface area contributed by atoms with E-state index in [1.54, 1.807) is 4.90 Å². The van der Waals surface area contributed by atoms with Gasteiger partial charge >= 0.3 is 6.18 Å². The largest absolute Gasteiger partial charge is 0.482 e. The van der Waals surface area contributed by atoms with Crippen molar-refractivity contribution in [2.24, 2.45) is 0 Å². The number of anilines is 2. The van der Waals surface area contributed by atoms with Gasteiger partial charge in [0.25, 0.3) is 11.6 Å². The lowest BCUT2D eigenvalue weighted by molar-refractivity contribution is -0.384. The van der Waals surface area contributed by atoms with Gasteiger partial charge in [0.15, 0.2) is 6.61 Å². The smallest absolute Gasteiger partial charge is 0.417 e. The van der Waals surface area contributed by atoms with Crippen LogP contribution in [-0.4, -0.2) is 66.0 Å². The summed E-state index contributed by atoms with van der Waals surface area (Å²) in [5.74, 6) is -0.461. The van der Waals surface area contributed by atoms with Crippen LogP contribution < -0.4 is 14.5 Å². The highest BCUT2D eigenvalue weighted by atomic mass is 35.5. The van der Waals surface area contributed by atoms with Gasteiger partial charge in [-0.25, -0.2) is 4.98 Å². The zero-order valence-corrected chi connectivity index (χ0v) is 18.2. The number of ether oxygens (including phenoxy) is 1. The summed E-state index contributed by atoms with van der Waals surface area (Å²) in [6.07, 6.45) is -3.85. The number of amides is 2. The molecule has 34 heavy (non-hydrogen) atoms. The number of hydrogen-bond donors (Lipinski definition) is 0. The van der Waals surface area contributed by atoms with E-state index in [0.29, 0.717) is 6.20 Å². The van der Waals surface area contributed by atoms with E-state index in [1.165, 1.54) is 23.1 Å². The summed E-state index contributed by atoms with van der Waals surface area (Å²) in [6.45, 7) is 0.335. The lowest BCUT2D eigenvalue weighted by Crippen LogP contribution is -2.53. The highest BCUT2D eigenvalue weighted by molar-refractivity contribution is 6.33. The van der Waals surface area contributed by atoms with E-state index in [2.05, 4.69) is 4.98 Å². The summed E-state index contributed by atoms with van der Waals surface area (Å²) in [5.41, 5.74) is -1.06. The maximum absolute atomic E-state index is 12.9. The fourth-order valence-corrected chi connectivity index (χ4v) is 3.98. The molecule has 1 fully saturated rings. The molecule has 4 rings (SSSR count). The third kappa shape index (κ3) is 4.69. The van der Waals surface area contributed by atoms with Crippen LogP contribution in [0.5, 0.6) is 5.75 Å². The van der Waals surface area contributed by atoms with Crippen LogP contribution >= 0.6 is 11.6 Å². The van der Waals surface area contributed by atoms with Gasteiger partial charge < -0.3 is 14.5 Å². The van der Waals surface area contributed by atoms with Crippen molar-refractivity contribution >= 4 is 40.6 Å². The number of aromatic nitrogens is 1. The summed E-state index contributed by atoms with van der Waals surface area (Å²) in [4.78, 5) is 43.9. The Hall–Kier alpha value is -3.61. The zero-order valence-electron chi connectivity index (χ0n) is 17.4. The van der Waals surface area contributed by atoms with E-state index in [9.17, 15) is 32.9 Å². The number of non-ortho nitro benzene ring substituents is 1. The van der Waals surface area contributed by atoms with Gasteiger partial charge in [0.05, 0.1) is 21.2 Å². The molecule has 0 spiro atoms. The Morgan fingerprint density at radius 1 is 1.21 bits per heavy atom. The van der Waals surface area contributed by atoms with Crippen molar-refractivity contribution < 1.29 is 32.4 Å². The van der Waals surface area contributed by atoms with Crippen LogP contribution in [0.1, 0.15) is 5.56 Å². The molecule has 0 radical (unpaired) electrons. The van der Waals surface area contributed by atoms with Crippen molar-refractivity contribution in [3.05, 3.63) is 51.2 Å². The molecule has 14 heteroatoms. The van der Waals surface area contributed by atoms with E-state index >= 15 is 0 Å². The van der Waals surface area contributed by atoms with Gasteiger partial charge in [0.2, 0.25) is 5.91 Å². The van der Waals surface area contributed by atoms with Gasteiger partial charge in [-0.2, -0.15) is 13.2 Å². The molecule has 0 bridgehead atoms. The molecule has 1 saturated heterocycles. The first-order valence-electron chi connectivity index (χ1n) is 10.0. The van der Waals surface area contributed by atoms with Crippen LogP contribution in [0.25, 0.3) is 0 Å². The van der Waals surface area contributed by atoms with E-state index in [0.717, 1.165) is 11.0 Å². The van der Waals surface area contributed by atoms with Crippen LogP contribution in [0.15, 0.2) is 30.5 Å². The van der Waals surface area contributed by atoms with Crippen molar-refractivity contribution in [1.29, 1.82) is 0 Å². The molecule has 0 N–H and O–H groups in total. The van der Waals surface area contributed by atoms with Crippen molar-refractivity contribution in [3.63, 3.8) is 0 Å². The highest BCUT2D eigenvalue weighted by Gasteiger charge is 2.34. The van der Waals surface area contributed by atoms with Crippen LogP contribution in [0.3, 0.4) is 0 Å². The standard InChI is InChI=1S/C20H17ClF3N5O5/c21-14-7-12(20(22,23)24)9-25-19(14)27-5-3-26(4-6-27)17(30)10-28-15-8-13(29(32)33)1-2-16(15)34-11-18(28)31/h1-2,7-9H,3-6,10-11H2. The number of hydrogen-bond acceptors (Lipinski definition) is 7. The third-order valence-electron chi connectivity index (χ3n) is 5.47. The maximum Gasteiger partial charge on any atom is 0.417 e. The summed E-state index contributed by atoms with van der Waals surface area (Å²) < 4.78 is 43.8. The van der Waals surface area contributed by atoms with Gasteiger partial charge in [-0.15, -0.1) is 0 Å². The second-order valence-corrected chi connectivity index (χ2v) is 7.98. The van der Waals surface area contributed by atoms with E-state index in [-0.39, 0.29) is 73.2 Å². The minimum atomic E-state index is -4.56. The summed E-state index contributed by atoms with van der Waals surface area (Å²) in [5, 5.41) is 10.9. The molecule has 180 valence electrons. The van der Waals surface area contributed by atoms with Gasteiger partial charge in [-0.05, 0) is 12.1 Å². The number of pyridine rings is 1. The van der Waals surface area contributed by atoms with Crippen LogP contribution in [0, 0.1) is 10.1 Å². The number of halogens is 4. The fraction of sp³-hybridized carbons (Fsp3) is 0.350. The van der Waals surface area contributed by atoms with Crippen LogP contribution in [0.4, 0.5) is 30.4 Å². The number of rotatable bonds is 4. The molecule has 0 aliphatic carbocycles. The van der Waals surface area contributed by atoms with Gasteiger partial charge in [0, 0.05) is 44.5 Å². The Labute approximate surface area is 195 Å². The molecule has 0 unspecified atom stereocenters. The molecule has 1 aromatic carbocycles. The first-order chi connectivity index (χ1) is 16.0. The molecule has 2 amide bonds.